The maximum absolute atomic E-state index is 12.7. The van der Waals surface area contributed by atoms with Crippen LogP contribution in [-0.2, 0) is 11.3 Å². The summed E-state index contributed by atoms with van der Waals surface area (Å²) in [5.41, 5.74) is 2.21. The molecule has 2 N–H and O–H groups in total. The largest absolute Gasteiger partial charge is 0.378 e. The summed E-state index contributed by atoms with van der Waals surface area (Å²) in [6, 6.07) is 7.60. The fourth-order valence-electron chi connectivity index (χ4n) is 6.28. The number of imide groups is 1. The summed E-state index contributed by atoms with van der Waals surface area (Å²) in [4.78, 5) is 29.4. The molecule has 0 heterocycles. The summed E-state index contributed by atoms with van der Waals surface area (Å²) in [6.07, 6.45) is 7.24. The molecule has 1 atom stereocenters. The Bertz CT molecular complexity index is 754. The van der Waals surface area contributed by atoms with Crippen LogP contribution in [-0.4, -0.2) is 49.6 Å². The summed E-state index contributed by atoms with van der Waals surface area (Å²) in [5.74, 6) is 2.04. The number of likely N-dealkylation sites (N-methyl/N-ethyl adjacent to an activating group) is 1. The molecule has 0 radical (unpaired) electrons. The van der Waals surface area contributed by atoms with Crippen molar-refractivity contribution in [2.45, 2.75) is 63.6 Å². The summed E-state index contributed by atoms with van der Waals surface area (Å²) in [5, 5.41) is 5.83. The van der Waals surface area contributed by atoms with Gasteiger partial charge in [-0.3, -0.25) is 15.0 Å². The van der Waals surface area contributed by atoms with Gasteiger partial charge in [-0.1, -0.05) is 12.1 Å². The molecule has 4 saturated carbocycles. The van der Waals surface area contributed by atoms with Crippen molar-refractivity contribution in [3.8, 4) is 0 Å². The van der Waals surface area contributed by atoms with Crippen molar-refractivity contribution >= 4 is 17.6 Å². The van der Waals surface area contributed by atoms with Crippen molar-refractivity contribution in [2.75, 3.05) is 26.0 Å². The van der Waals surface area contributed by atoms with Gasteiger partial charge in [-0.2, -0.15) is 0 Å². The Hall–Kier alpha value is -2.08. The van der Waals surface area contributed by atoms with E-state index in [1.165, 1.54) is 19.3 Å². The third-order valence-corrected chi connectivity index (χ3v) is 7.58. The van der Waals surface area contributed by atoms with E-state index >= 15 is 0 Å². The van der Waals surface area contributed by atoms with Gasteiger partial charge in [0.1, 0.15) is 0 Å². The van der Waals surface area contributed by atoms with Gasteiger partial charge < -0.3 is 10.2 Å². The van der Waals surface area contributed by atoms with Crippen LogP contribution >= 0.6 is 0 Å². The molecule has 0 spiro atoms. The Labute approximate surface area is 180 Å². The average molecular weight is 413 g/mol. The molecule has 4 aliphatic carbocycles. The molecular weight excluding hydrogens is 376 g/mol. The second-order valence-electron chi connectivity index (χ2n) is 10.3. The first kappa shape index (κ1) is 21.2. The Kier molecular flexibility index (Phi) is 5.80. The number of rotatable bonds is 6. The van der Waals surface area contributed by atoms with E-state index in [0.29, 0.717) is 6.54 Å². The maximum Gasteiger partial charge on any atom is 0.321 e. The summed E-state index contributed by atoms with van der Waals surface area (Å²) >= 11 is 0. The molecule has 164 valence electrons. The minimum atomic E-state index is -0.388. The number of carbonyl (C=O) groups excluding carboxylic acids is 2. The zero-order chi connectivity index (χ0) is 21.5. The van der Waals surface area contributed by atoms with E-state index in [1.807, 2.05) is 33.0 Å². The molecule has 4 fully saturated rings. The first-order chi connectivity index (χ1) is 14.2. The highest BCUT2D eigenvalue weighted by Crippen LogP contribution is 2.55. The van der Waals surface area contributed by atoms with E-state index in [0.717, 1.165) is 48.3 Å². The van der Waals surface area contributed by atoms with Crippen LogP contribution in [0.3, 0.4) is 0 Å². The third-order valence-electron chi connectivity index (χ3n) is 7.58. The minimum Gasteiger partial charge on any atom is -0.378 e. The van der Waals surface area contributed by atoms with Gasteiger partial charge in [0, 0.05) is 31.9 Å². The summed E-state index contributed by atoms with van der Waals surface area (Å²) in [6.45, 7) is 2.50. The second-order valence-corrected chi connectivity index (χ2v) is 10.3. The molecule has 0 saturated heterocycles. The standard InChI is InChI=1S/C24H36N4O2/c1-16(28(4)15-17-5-7-21(8-6-17)27(2)3)22(29)25-23(30)26-24-12-18-9-19(13-24)11-20(10-18)14-24/h5-8,16,18-20H,9-15H2,1-4H3,(H2,25,26,29,30)/t16-,18?,19?,20?,24?/m0/s1. The topological polar surface area (TPSA) is 64.7 Å². The zero-order valence-electron chi connectivity index (χ0n) is 18.8. The maximum atomic E-state index is 12.7. The van der Waals surface area contributed by atoms with Crippen LogP contribution in [0.4, 0.5) is 10.5 Å². The fraction of sp³-hybridized carbons (Fsp3) is 0.667. The van der Waals surface area contributed by atoms with Crippen LogP contribution in [0.5, 0.6) is 0 Å². The molecule has 0 unspecified atom stereocenters. The van der Waals surface area contributed by atoms with Gasteiger partial charge in [0.15, 0.2) is 0 Å². The number of nitrogens with zero attached hydrogens (tertiary/aromatic N) is 2. The van der Waals surface area contributed by atoms with Gasteiger partial charge in [0.2, 0.25) is 5.91 Å². The van der Waals surface area contributed by atoms with E-state index in [1.54, 1.807) is 0 Å². The second kappa shape index (κ2) is 8.22. The third kappa shape index (κ3) is 4.48. The number of benzene rings is 1. The molecule has 6 heteroatoms. The van der Waals surface area contributed by atoms with Crippen molar-refractivity contribution in [1.29, 1.82) is 0 Å². The predicted octanol–water partition coefficient (Wildman–Crippen LogP) is 3.37. The van der Waals surface area contributed by atoms with Gasteiger partial charge in [0.25, 0.3) is 0 Å². The van der Waals surface area contributed by atoms with E-state index in [9.17, 15) is 9.59 Å². The van der Waals surface area contributed by atoms with Crippen LogP contribution in [0.2, 0.25) is 0 Å². The highest BCUT2D eigenvalue weighted by atomic mass is 16.2. The Morgan fingerprint density at radius 2 is 1.53 bits per heavy atom. The number of anilines is 1. The summed E-state index contributed by atoms with van der Waals surface area (Å²) in [7, 11) is 5.95. The number of nitrogens with one attached hydrogen (secondary N) is 2. The van der Waals surface area contributed by atoms with Crippen molar-refractivity contribution < 1.29 is 9.59 Å². The van der Waals surface area contributed by atoms with Gasteiger partial charge in [-0.15, -0.1) is 0 Å². The lowest BCUT2D eigenvalue weighted by molar-refractivity contribution is -0.124. The van der Waals surface area contributed by atoms with Crippen LogP contribution in [0.15, 0.2) is 24.3 Å². The van der Waals surface area contributed by atoms with Gasteiger partial charge >= 0.3 is 6.03 Å². The van der Waals surface area contributed by atoms with Crippen molar-refractivity contribution in [3.05, 3.63) is 29.8 Å². The molecule has 0 aliphatic heterocycles. The molecule has 1 aromatic rings. The molecule has 0 aromatic heterocycles. The molecule has 30 heavy (non-hydrogen) atoms. The lowest BCUT2D eigenvalue weighted by Gasteiger charge is -2.56. The SMILES string of the molecule is C[C@@H](C(=O)NC(=O)NC12CC3CC(CC(C3)C1)C2)N(C)Cc1ccc(N(C)C)cc1. The summed E-state index contributed by atoms with van der Waals surface area (Å²) < 4.78 is 0. The minimum absolute atomic E-state index is 0.0809. The van der Waals surface area contributed by atoms with Gasteiger partial charge in [0.05, 0.1) is 6.04 Å². The quantitative estimate of drug-likeness (QED) is 0.752. The van der Waals surface area contributed by atoms with Crippen LogP contribution in [0.25, 0.3) is 0 Å². The van der Waals surface area contributed by atoms with E-state index in [4.69, 9.17) is 0 Å². The average Bonchev–Trinajstić information content (AvgIpc) is 2.66. The van der Waals surface area contributed by atoms with E-state index in [2.05, 4.69) is 39.8 Å². The number of carbonyl (C=O) groups is 2. The number of amides is 3. The molecule has 4 aliphatic rings. The number of hydrogen-bond donors (Lipinski definition) is 2. The fourth-order valence-corrected chi connectivity index (χ4v) is 6.28. The molecule has 3 amide bonds. The van der Waals surface area contributed by atoms with E-state index < -0.39 is 0 Å². The molecule has 5 rings (SSSR count). The highest BCUT2D eigenvalue weighted by molar-refractivity contribution is 5.97. The first-order valence-corrected chi connectivity index (χ1v) is 11.3. The Morgan fingerprint density at radius 3 is 2.03 bits per heavy atom. The number of hydrogen-bond acceptors (Lipinski definition) is 4. The van der Waals surface area contributed by atoms with Crippen molar-refractivity contribution in [1.82, 2.24) is 15.5 Å². The monoisotopic (exact) mass is 412 g/mol. The number of urea groups is 1. The van der Waals surface area contributed by atoms with Crippen molar-refractivity contribution in [3.63, 3.8) is 0 Å². The molecular formula is C24H36N4O2. The van der Waals surface area contributed by atoms with Crippen LogP contribution in [0, 0.1) is 17.8 Å². The van der Waals surface area contributed by atoms with Gasteiger partial charge in [-0.05, 0) is 87.9 Å². The molecule has 1 aromatic carbocycles. The first-order valence-electron chi connectivity index (χ1n) is 11.3. The normalized spacial score (nSPS) is 30.2. The van der Waals surface area contributed by atoms with Crippen LogP contribution in [0.1, 0.15) is 51.0 Å². The highest BCUT2D eigenvalue weighted by Gasteiger charge is 2.51. The zero-order valence-corrected chi connectivity index (χ0v) is 18.8. The van der Waals surface area contributed by atoms with E-state index in [-0.39, 0.29) is 23.5 Å². The molecule has 6 nitrogen and oxygen atoms in total. The lowest BCUT2D eigenvalue weighted by Crippen LogP contribution is -2.62. The molecule has 4 bridgehead atoms. The van der Waals surface area contributed by atoms with Crippen LogP contribution < -0.4 is 15.5 Å². The smallest absolute Gasteiger partial charge is 0.321 e. The predicted molar refractivity (Wildman–Crippen MR) is 119 cm³/mol. The van der Waals surface area contributed by atoms with Crippen molar-refractivity contribution in [2.24, 2.45) is 17.8 Å². The van der Waals surface area contributed by atoms with Gasteiger partial charge in [-0.25, -0.2) is 4.79 Å². The Morgan fingerprint density at radius 1 is 1.00 bits per heavy atom. The Balaban J connectivity index is 1.29. The lowest BCUT2D eigenvalue weighted by atomic mass is 9.53.